The molecule has 0 saturated heterocycles. The third kappa shape index (κ3) is 7.52. The van der Waals surface area contributed by atoms with Gasteiger partial charge in [0.1, 0.15) is 0 Å². The molecule has 6 heteroatoms. The summed E-state index contributed by atoms with van der Waals surface area (Å²) in [7, 11) is -3.85. The molecule has 0 aromatic heterocycles. The van der Waals surface area contributed by atoms with E-state index >= 15 is 0 Å². The summed E-state index contributed by atoms with van der Waals surface area (Å²) >= 11 is 0. The second-order valence-corrected chi connectivity index (χ2v) is 3.33. The van der Waals surface area contributed by atoms with E-state index in [1.54, 1.807) is 0 Å². The van der Waals surface area contributed by atoms with Crippen molar-refractivity contribution < 1.29 is 20.2 Å². The molecular weight excluding hydrogens is 284 g/mol. The van der Waals surface area contributed by atoms with Crippen molar-refractivity contribution in [3.05, 3.63) is 0 Å². The largest absolute Gasteiger partial charge is 2.00 e. The zero-order valence-corrected chi connectivity index (χ0v) is 11.1. The summed E-state index contributed by atoms with van der Waals surface area (Å²) in [5.74, 6) is -0.236. The molecule has 0 saturated carbocycles. The third-order valence-corrected chi connectivity index (χ3v) is 1.82. The summed E-state index contributed by atoms with van der Waals surface area (Å²) < 4.78 is 34.0. The Morgan fingerprint density at radius 1 is 1.60 bits per heavy atom. The van der Waals surface area contributed by atoms with Crippen molar-refractivity contribution in [2.45, 2.75) is 19.8 Å². The normalized spacial score (nSPS) is 10.6. The summed E-state index contributed by atoms with van der Waals surface area (Å²) in [6.45, 7) is 1.81. The first kappa shape index (κ1) is 14.0. The van der Waals surface area contributed by atoms with E-state index in [1.165, 1.54) is 0 Å². The Morgan fingerprint density at radius 3 is 2.40 bits per heavy atom. The SMILES string of the molecule is CCCCS(=O)(=O)OF.[Ba+2].[H-].[H-]. The minimum absolute atomic E-state index is 0. The first-order chi connectivity index (χ1) is 4.12. The van der Waals surface area contributed by atoms with Gasteiger partial charge in [0.05, 0.1) is 5.75 Å². The van der Waals surface area contributed by atoms with Gasteiger partial charge >= 0.3 is 48.9 Å². The van der Waals surface area contributed by atoms with Gasteiger partial charge in [-0.15, -0.1) is 0 Å². The van der Waals surface area contributed by atoms with E-state index in [0.29, 0.717) is 12.8 Å². The monoisotopic (exact) mass is 296 g/mol. The van der Waals surface area contributed by atoms with Gasteiger partial charge in [-0.1, -0.05) is 17.7 Å². The number of hydrogen-bond donors (Lipinski definition) is 0. The first-order valence-corrected chi connectivity index (χ1v) is 4.23. The fourth-order valence-electron chi connectivity index (χ4n) is 0.353. The average molecular weight is 296 g/mol. The topological polar surface area (TPSA) is 43.4 Å². The van der Waals surface area contributed by atoms with E-state index in [4.69, 9.17) is 0 Å². The van der Waals surface area contributed by atoms with Gasteiger partial charge < -0.3 is 2.85 Å². The molecule has 10 heavy (non-hydrogen) atoms. The molecule has 0 amide bonds. The number of halogens is 1. The molecule has 0 heterocycles. The maximum Gasteiger partial charge on any atom is 2.00 e. The van der Waals surface area contributed by atoms with Gasteiger partial charge in [0.15, 0.2) is 0 Å². The van der Waals surface area contributed by atoms with E-state index in [2.05, 4.69) is 4.39 Å². The molecule has 0 N–H and O–H groups in total. The van der Waals surface area contributed by atoms with Crippen molar-refractivity contribution in [2.75, 3.05) is 5.75 Å². The summed E-state index contributed by atoms with van der Waals surface area (Å²) in [5, 5.41) is 0. The molecule has 0 aliphatic heterocycles. The van der Waals surface area contributed by atoms with Crippen molar-refractivity contribution in [1.29, 1.82) is 0 Å². The van der Waals surface area contributed by atoms with Crippen molar-refractivity contribution in [3.8, 4) is 0 Å². The minimum atomic E-state index is -3.85. The van der Waals surface area contributed by atoms with E-state index in [9.17, 15) is 12.9 Å². The van der Waals surface area contributed by atoms with Gasteiger partial charge in [0, 0.05) is 0 Å². The summed E-state index contributed by atoms with van der Waals surface area (Å²) in [4.78, 5) is 0. The number of hydrogen-bond acceptors (Lipinski definition) is 3. The van der Waals surface area contributed by atoms with Crippen molar-refractivity contribution >= 4 is 59.0 Å². The fourth-order valence-corrected chi connectivity index (χ4v) is 1.06. The van der Waals surface area contributed by atoms with Crippen LogP contribution in [-0.2, 0) is 14.5 Å². The number of rotatable bonds is 4. The Bertz CT molecular complexity index is 164. The Kier molecular flexibility index (Phi) is 9.89. The van der Waals surface area contributed by atoms with Crippen LogP contribution in [0.25, 0.3) is 0 Å². The van der Waals surface area contributed by atoms with E-state index in [1.807, 2.05) is 6.92 Å². The molecule has 3 nitrogen and oxygen atoms in total. The summed E-state index contributed by atoms with van der Waals surface area (Å²) in [5.41, 5.74) is 0. The standard InChI is InChI=1S/C4H9FO3S.Ba.2H/c1-2-3-4-9(6,7)8-5;;;/h2-4H2,1H3;;;/q;+2;2*-1. The molecule has 0 spiro atoms. The molecule has 60 valence electrons. The van der Waals surface area contributed by atoms with Crippen LogP contribution in [0.5, 0.6) is 0 Å². The van der Waals surface area contributed by atoms with Crippen LogP contribution < -0.4 is 0 Å². The van der Waals surface area contributed by atoms with Crippen LogP contribution in [0.3, 0.4) is 0 Å². The predicted molar refractivity (Wildman–Crippen MR) is 38.9 cm³/mol. The fraction of sp³-hybridized carbons (Fsp3) is 1.00. The van der Waals surface area contributed by atoms with Crippen molar-refractivity contribution in [1.82, 2.24) is 0 Å². The molecule has 0 aliphatic carbocycles. The smallest absolute Gasteiger partial charge is 1.00 e. The molecule has 0 rings (SSSR count). The van der Waals surface area contributed by atoms with Crippen LogP contribution >= 0.6 is 0 Å². The molecule has 0 aromatic carbocycles. The van der Waals surface area contributed by atoms with Gasteiger partial charge in [-0.3, -0.25) is 0 Å². The second kappa shape index (κ2) is 7.08. The summed E-state index contributed by atoms with van der Waals surface area (Å²) in [6.07, 6.45) is 1.15. The van der Waals surface area contributed by atoms with E-state index in [-0.39, 0.29) is 57.5 Å². The Morgan fingerprint density at radius 2 is 2.10 bits per heavy atom. The van der Waals surface area contributed by atoms with Gasteiger partial charge in [0.25, 0.3) is 10.1 Å². The maximum atomic E-state index is 11.0. The molecular formula is C4H11BaFO3S. The zero-order valence-electron chi connectivity index (χ0n) is 7.84. The van der Waals surface area contributed by atoms with Crippen LogP contribution in [0.1, 0.15) is 22.6 Å². The quantitative estimate of drug-likeness (QED) is 0.723. The summed E-state index contributed by atoms with van der Waals surface area (Å²) in [6, 6.07) is 0. The van der Waals surface area contributed by atoms with Crippen LogP contribution in [0.15, 0.2) is 0 Å². The molecule has 0 fully saturated rings. The Balaban J connectivity index is -0.000000107. The van der Waals surface area contributed by atoms with Crippen molar-refractivity contribution in [3.63, 3.8) is 0 Å². The molecule has 0 atom stereocenters. The predicted octanol–water partition coefficient (Wildman–Crippen LogP) is 0.862. The van der Waals surface area contributed by atoms with Crippen LogP contribution in [0.2, 0.25) is 0 Å². The van der Waals surface area contributed by atoms with Gasteiger partial charge in [-0.25, -0.2) is 0 Å². The molecule has 0 aliphatic rings. The van der Waals surface area contributed by atoms with Gasteiger partial charge in [-0.05, 0) is 10.9 Å². The van der Waals surface area contributed by atoms with Gasteiger partial charge in [0.2, 0.25) is 0 Å². The molecule has 0 aromatic rings. The van der Waals surface area contributed by atoms with Gasteiger partial charge in [-0.2, -0.15) is 8.42 Å². The Hall–Kier alpha value is 1.41. The molecule has 0 radical (unpaired) electrons. The third-order valence-electron chi connectivity index (χ3n) is 0.844. The zero-order chi connectivity index (χ0) is 7.33. The first-order valence-electron chi connectivity index (χ1n) is 2.65. The second-order valence-electron chi connectivity index (χ2n) is 1.68. The minimum Gasteiger partial charge on any atom is -1.00 e. The van der Waals surface area contributed by atoms with Crippen molar-refractivity contribution in [2.24, 2.45) is 0 Å². The average Bonchev–Trinajstić information content (AvgIpc) is 1.84. The molecule has 0 unspecified atom stereocenters. The van der Waals surface area contributed by atoms with Crippen LogP contribution in [-0.4, -0.2) is 63.1 Å². The molecule has 0 bridgehead atoms. The Labute approximate surface area is 103 Å². The van der Waals surface area contributed by atoms with Crippen LogP contribution in [0.4, 0.5) is 4.53 Å². The maximum absolute atomic E-state index is 11.0. The number of unbranched alkanes of at least 4 members (excludes halogenated alkanes) is 1. The van der Waals surface area contributed by atoms with Crippen LogP contribution in [0, 0.1) is 0 Å². The van der Waals surface area contributed by atoms with E-state index < -0.39 is 10.1 Å². The van der Waals surface area contributed by atoms with E-state index in [0.717, 1.165) is 0 Å².